The lowest BCUT2D eigenvalue weighted by Crippen LogP contribution is -1.56. The Morgan fingerprint density at radius 3 is 0.478 bits per heavy atom. The highest BCUT2D eigenvalue weighted by Gasteiger charge is 1.68. The van der Waals surface area contributed by atoms with Gasteiger partial charge in [0.1, 0.15) is 0 Å². The molecule has 0 heterocycles. The molecule has 0 atom stereocenters. The Hall–Kier alpha value is 2.36. The lowest BCUT2D eigenvalue weighted by atomic mass is 11.4. The van der Waals surface area contributed by atoms with Crippen molar-refractivity contribution in [2.24, 2.45) is 0 Å². The lowest BCUT2D eigenvalue weighted by Gasteiger charge is -1.80. The Kier molecular flexibility index (Phi) is 113. The van der Waals surface area contributed by atoms with Gasteiger partial charge in [0, 0.05) is 20.3 Å². The highest BCUT2D eigenvalue weighted by atomic mass is 32.2. The maximum atomic E-state index is 4.00. The van der Waals surface area contributed by atoms with Crippen molar-refractivity contribution in [2.45, 2.75) is 7.43 Å². The molecule has 0 aliphatic carbocycles. The van der Waals surface area contributed by atoms with Gasteiger partial charge in [-0.15, -0.1) is 12.8 Å². The van der Waals surface area contributed by atoms with Crippen LogP contribution in [0.2, 0.25) is 0 Å². The van der Waals surface area contributed by atoms with E-state index in [1.807, 2.05) is 94.1 Å². The first-order valence-corrected chi connectivity index (χ1v) is 17.1. The summed E-state index contributed by atoms with van der Waals surface area (Å²) in [6.07, 6.45) is 24.9. The summed E-state index contributed by atoms with van der Waals surface area (Å²) in [5, 5.41) is 4.89. The van der Waals surface area contributed by atoms with Crippen LogP contribution in [0.4, 0.5) is 0 Å². The zero-order chi connectivity index (χ0) is 18.5. The molecule has 0 spiro atoms. The molecular formula is C15H38S8. The molecular weight excluding hydrogens is 437 g/mol. The van der Waals surface area contributed by atoms with Crippen molar-refractivity contribution in [1.82, 2.24) is 0 Å². The third-order valence-corrected chi connectivity index (χ3v) is 8.49. The van der Waals surface area contributed by atoms with Crippen LogP contribution in [0.15, 0.2) is 0 Å². The summed E-state index contributed by atoms with van der Waals surface area (Å²) in [7, 11) is 0. The van der Waals surface area contributed by atoms with Crippen molar-refractivity contribution in [2.75, 3.05) is 70.4 Å². The summed E-state index contributed by atoms with van der Waals surface area (Å²) >= 11 is 14.9. The summed E-state index contributed by atoms with van der Waals surface area (Å²) in [5.41, 5.74) is 0. The molecule has 0 N–H and O–H groups in total. The van der Waals surface area contributed by atoms with Gasteiger partial charge in [-0.1, -0.05) is 7.43 Å². The van der Waals surface area contributed by atoms with Crippen molar-refractivity contribution in [3.63, 3.8) is 0 Å². The molecule has 0 bridgehead atoms. The maximum Gasteiger partial charge on any atom is 0.0386 e. The van der Waals surface area contributed by atoms with Gasteiger partial charge in [-0.25, -0.2) is 0 Å². The van der Waals surface area contributed by atoms with Crippen LogP contribution in [0.3, 0.4) is 0 Å². The maximum absolute atomic E-state index is 4.00. The van der Waals surface area contributed by atoms with Gasteiger partial charge in [0.15, 0.2) is 0 Å². The second kappa shape index (κ2) is 64.5. The zero-order valence-corrected chi connectivity index (χ0v) is 21.8. The number of thioether (sulfide) groups is 8. The fourth-order valence-electron chi connectivity index (χ4n) is 0.471. The SMILES string of the molecule is C.C#C.CSCSC.CSCSC.CSCSC.CSCSC. The molecule has 0 amide bonds. The summed E-state index contributed by atoms with van der Waals surface area (Å²) in [4.78, 5) is 0. The Bertz CT molecular complexity index is 102. The fourth-order valence-corrected chi connectivity index (χ4v) is 4.24. The van der Waals surface area contributed by atoms with E-state index in [9.17, 15) is 0 Å². The smallest absolute Gasteiger partial charge is 0.0386 e. The molecule has 0 aromatic rings. The Morgan fingerprint density at radius 2 is 0.478 bits per heavy atom. The summed E-state index contributed by atoms with van der Waals surface area (Å²) in [6.45, 7) is 0. The van der Waals surface area contributed by atoms with Crippen LogP contribution in [-0.2, 0) is 0 Å². The van der Waals surface area contributed by atoms with Gasteiger partial charge in [0.2, 0.25) is 0 Å². The number of terminal acetylenes is 1. The molecule has 0 saturated carbocycles. The molecule has 0 rings (SSSR count). The third-order valence-electron chi connectivity index (χ3n) is 0.943. The van der Waals surface area contributed by atoms with Crippen LogP contribution in [0.5, 0.6) is 0 Å². The quantitative estimate of drug-likeness (QED) is 0.257. The predicted molar refractivity (Wildman–Crippen MR) is 144 cm³/mol. The van der Waals surface area contributed by atoms with E-state index in [1.165, 1.54) is 20.3 Å². The van der Waals surface area contributed by atoms with Gasteiger partial charge in [-0.3, -0.25) is 0 Å². The van der Waals surface area contributed by atoms with E-state index in [0.29, 0.717) is 0 Å². The van der Waals surface area contributed by atoms with Gasteiger partial charge >= 0.3 is 0 Å². The normalized spacial score (nSPS) is 7.39. The Morgan fingerprint density at radius 1 is 0.391 bits per heavy atom. The molecule has 0 aromatic heterocycles. The van der Waals surface area contributed by atoms with E-state index >= 15 is 0 Å². The molecule has 0 unspecified atom stereocenters. The minimum atomic E-state index is 0. The van der Waals surface area contributed by atoms with Crippen LogP contribution < -0.4 is 0 Å². The first-order valence-electron chi connectivity index (χ1n) is 5.91. The highest BCUT2D eigenvalue weighted by molar-refractivity contribution is 8.16. The second-order valence-corrected chi connectivity index (χ2v) is 11.2. The standard InChI is InChI=1S/4C3H8S2.C2H2.CH4/c4*1-4-3-5-2;1-2;/h4*3H2,1-2H3;1-2H;1H4. The van der Waals surface area contributed by atoms with Crippen LogP contribution in [0.1, 0.15) is 7.43 Å². The van der Waals surface area contributed by atoms with Crippen LogP contribution >= 0.6 is 94.1 Å². The lowest BCUT2D eigenvalue weighted by molar-refractivity contribution is 2.20. The van der Waals surface area contributed by atoms with E-state index in [2.05, 4.69) is 62.9 Å². The molecule has 8 heteroatoms. The summed E-state index contributed by atoms with van der Waals surface area (Å²) in [6, 6.07) is 0. The zero-order valence-electron chi connectivity index (χ0n) is 15.2. The van der Waals surface area contributed by atoms with E-state index in [-0.39, 0.29) is 7.43 Å². The van der Waals surface area contributed by atoms with Crippen molar-refractivity contribution in [3.05, 3.63) is 0 Å². The van der Waals surface area contributed by atoms with Crippen molar-refractivity contribution < 1.29 is 0 Å². The van der Waals surface area contributed by atoms with E-state index in [1.54, 1.807) is 0 Å². The monoisotopic (exact) mass is 474 g/mol. The second-order valence-electron chi connectivity index (χ2n) is 2.78. The number of hydrogen-bond acceptors (Lipinski definition) is 8. The van der Waals surface area contributed by atoms with Crippen LogP contribution in [-0.4, -0.2) is 70.4 Å². The fraction of sp³-hybridized carbons (Fsp3) is 0.867. The predicted octanol–water partition coefficient (Wildman–Crippen LogP) is 7.57. The van der Waals surface area contributed by atoms with Gasteiger partial charge in [-0.05, 0) is 50.0 Å². The molecule has 0 aliphatic rings. The first kappa shape index (κ1) is 40.2. The minimum Gasteiger partial charge on any atom is -0.155 e. The van der Waals surface area contributed by atoms with Crippen molar-refractivity contribution in [3.8, 4) is 12.8 Å². The van der Waals surface area contributed by atoms with E-state index in [0.717, 1.165) is 0 Å². The first-order chi connectivity index (χ1) is 10.7. The molecule has 0 aliphatic heterocycles. The van der Waals surface area contributed by atoms with Crippen molar-refractivity contribution >= 4 is 94.1 Å². The topological polar surface area (TPSA) is 0 Å². The van der Waals surface area contributed by atoms with Gasteiger partial charge in [-0.2, -0.15) is 94.1 Å². The molecule has 23 heavy (non-hydrogen) atoms. The van der Waals surface area contributed by atoms with Crippen LogP contribution in [0.25, 0.3) is 0 Å². The van der Waals surface area contributed by atoms with Gasteiger partial charge < -0.3 is 0 Å². The van der Waals surface area contributed by atoms with Gasteiger partial charge in [0.05, 0.1) is 0 Å². The highest BCUT2D eigenvalue weighted by Crippen LogP contribution is 2.02. The largest absolute Gasteiger partial charge is 0.155 e. The summed E-state index contributed by atoms with van der Waals surface area (Å²) in [5.74, 6) is 0. The van der Waals surface area contributed by atoms with E-state index in [4.69, 9.17) is 0 Å². The van der Waals surface area contributed by atoms with Crippen LogP contribution in [0, 0.1) is 12.8 Å². The average molecular weight is 475 g/mol. The summed E-state index contributed by atoms with van der Waals surface area (Å²) < 4.78 is 0. The molecule has 0 saturated heterocycles. The van der Waals surface area contributed by atoms with Gasteiger partial charge in [0.25, 0.3) is 0 Å². The minimum absolute atomic E-state index is 0. The average Bonchev–Trinajstić information content (AvgIpc) is 2.54. The third kappa shape index (κ3) is 113. The molecule has 146 valence electrons. The number of rotatable bonds is 8. The Balaban J connectivity index is -0.0000000398. The van der Waals surface area contributed by atoms with E-state index < -0.39 is 0 Å². The molecule has 0 radical (unpaired) electrons. The Labute approximate surface area is 183 Å². The molecule has 0 fully saturated rings. The van der Waals surface area contributed by atoms with Crippen molar-refractivity contribution in [1.29, 1.82) is 0 Å². The molecule has 0 aromatic carbocycles. The number of hydrogen-bond donors (Lipinski definition) is 0. The molecule has 0 nitrogen and oxygen atoms in total.